The number of ether oxygens (including phenoxy) is 1. The first-order valence-corrected chi connectivity index (χ1v) is 5.42. The molecule has 4 nitrogen and oxygen atoms in total. The third-order valence-electron chi connectivity index (χ3n) is 2.34. The first-order chi connectivity index (χ1) is 7.47. The second kappa shape index (κ2) is 3.77. The first kappa shape index (κ1) is 10.9. The number of nitrogens with zero attached hydrogens (tertiary/aromatic N) is 2. The lowest BCUT2D eigenvalue weighted by Crippen LogP contribution is -2.35. The molecule has 0 unspecified atom stereocenters. The van der Waals surface area contributed by atoms with Crippen LogP contribution in [0.25, 0.3) is 0 Å². The normalized spacial score (nSPS) is 14.8. The smallest absolute Gasteiger partial charge is 0.414 e. The Hall–Kier alpha value is -1.58. The molecule has 4 heteroatoms. The molecule has 0 N–H and O–H groups in total. The molecule has 86 valence electrons. The summed E-state index contributed by atoms with van der Waals surface area (Å²) >= 11 is 0. The molecular weight excluding hydrogens is 204 g/mol. The number of hydrogen-bond acceptors (Lipinski definition) is 3. The molecule has 0 aliphatic carbocycles. The highest BCUT2D eigenvalue weighted by atomic mass is 16.6. The number of fused-ring (bicyclic) bond motifs is 1. The summed E-state index contributed by atoms with van der Waals surface area (Å²) in [6.45, 7) is 6.25. The molecule has 1 aromatic heterocycles. The summed E-state index contributed by atoms with van der Waals surface area (Å²) < 4.78 is 5.34. The molecule has 0 saturated heterocycles. The largest absolute Gasteiger partial charge is 0.443 e. The van der Waals surface area contributed by atoms with Gasteiger partial charge in [0, 0.05) is 19.2 Å². The first-order valence-electron chi connectivity index (χ1n) is 5.42. The van der Waals surface area contributed by atoms with Crippen molar-refractivity contribution < 1.29 is 9.53 Å². The molecule has 0 fully saturated rings. The fourth-order valence-corrected chi connectivity index (χ4v) is 1.71. The van der Waals surface area contributed by atoms with Gasteiger partial charge in [-0.3, -0.25) is 9.88 Å². The Morgan fingerprint density at radius 1 is 1.50 bits per heavy atom. The van der Waals surface area contributed by atoms with Gasteiger partial charge < -0.3 is 4.74 Å². The summed E-state index contributed by atoms with van der Waals surface area (Å²) in [4.78, 5) is 17.8. The SMILES string of the molecule is CC(C)(C)OC(=O)N1CCc2ncccc21. The molecule has 2 heterocycles. The van der Waals surface area contributed by atoms with Crippen LogP contribution in [0.3, 0.4) is 0 Å². The highest BCUT2D eigenvalue weighted by molar-refractivity contribution is 5.90. The summed E-state index contributed by atoms with van der Waals surface area (Å²) in [5.41, 5.74) is 1.38. The van der Waals surface area contributed by atoms with Crippen LogP contribution in [0.5, 0.6) is 0 Å². The van der Waals surface area contributed by atoms with E-state index in [2.05, 4.69) is 4.98 Å². The minimum atomic E-state index is -0.456. The van der Waals surface area contributed by atoms with Crippen LogP contribution in [0.2, 0.25) is 0 Å². The second-order valence-corrected chi connectivity index (χ2v) is 4.85. The van der Waals surface area contributed by atoms with E-state index in [-0.39, 0.29) is 6.09 Å². The number of pyridine rings is 1. The summed E-state index contributed by atoms with van der Waals surface area (Å²) in [7, 11) is 0. The van der Waals surface area contributed by atoms with Gasteiger partial charge in [0.25, 0.3) is 0 Å². The predicted octanol–water partition coefficient (Wildman–Crippen LogP) is 2.38. The van der Waals surface area contributed by atoms with Crippen molar-refractivity contribution in [3.8, 4) is 0 Å². The van der Waals surface area contributed by atoms with Crippen molar-refractivity contribution in [2.24, 2.45) is 0 Å². The van der Waals surface area contributed by atoms with E-state index in [4.69, 9.17) is 4.74 Å². The van der Waals surface area contributed by atoms with Crippen LogP contribution >= 0.6 is 0 Å². The lowest BCUT2D eigenvalue weighted by Gasteiger charge is -2.24. The van der Waals surface area contributed by atoms with Crippen molar-refractivity contribution in [3.05, 3.63) is 24.0 Å². The average molecular weight is 220 g/mol. The molecule has 1 aliphatic heterocycles. The van der Waals surface area contributed by atoms with Crippen LogP contribution in [0.1, 0.15) is 26.5 Å². The maximum atomic E-state index is 11.9. The molecular formula is C12H16N2O2. The molecule has 0 saturated carbocycles. The number of hydrogen-bond donors (Lipinski definition) is 0. The lowest BCUT2D eigenvalue weighted by atomic mass is 10.2. The topological polar surface area (TPSA) is 42.4 Å². The Morgan fingerprint density at radius 2 is 2.25 bits per heavy atom. The van der Waals surface area contributed by atoms with Crippen molar-refractivity contribution in [1.29, 1.82) is 0 Å². The number of amides is 1. The summed E-state index contributed by atoms with van der Waals surface area (Å²) in [5, 5.41) is 0. The number of rotatable bonds is 0. The summed E-state index contributed by atoms with van der Waals surface area (Å²) in [5.74, 6) is 0. The third kappa shape index (κ3) is 2.15. The molecule has 0 radical (unpaired) electrons. The van der Waals surface area contributed by atoms with E-state index < -0.39 is 5.60 Å². The van der Waals surface area contributed by atoms with E-state index in [0.717, 1.165) is 17.8 Å². The van der Waals surface area contributed by atoms with Gasteiger partial charge in [0.05, 0.1) is 11.4 Å². The van der Waals surface area contributed by atoms with E-state index in [1.165, 1.54) is 0 Å². The van der Waals surface area contributed by atoms with Crippen LogP contribution in [0, 0.1) is 0 Å². The van der Waals surface area contributed by atoms with Crippen molar-refractivity contribution >= 4 is 11.8 Å². The fourth-order valence-electron chi connectivity index (χ4n) is 1.71. The fraction of sp³-hybridized carbons (Fsp3) is 0.500. The van der Waals surface area contributed by atoms with Gasteiger partial charge in [0.2, 0.25) is 0 Å². The van der Waals surface area contributed by atoms with Gasteiger partial charge in [-0.05, 0) is 32.9 Å². The zero-order valence-corrected chi connectivity index (χ0v) is 9.86. The van der Waals surface area contributed by atoms with Gasteiger partial charge in [-0.15, -0.1) is 0 Å². The highest BCUT2D eigenvalue weighted by Crippen LogP contribution is 2.27. The maximum absolute atomic E-state index is 11.9. The molecule has 0 bridgehead atoms. The lowest BCUT2D eigenvalue weighted by molar-refractivity contribution is 0.0584. The molecule has 0 aromatic carbocycles. The van der Waals surface area contributed by atoms with Crippen LogP contribution in [-0.2, 0) is 11.2 Å². The minimum Gasteiger partial charge on any atom is -0.443 e. The predicted molar refractivity (Wildman–Crippen MR) is 61.5 cm³/mol. The van der Waals surface area contributed by atoms with Gasteiger partial charge in [-0.1, -0.05) is 0 Å². The van der Waals surface area contributed by atoms with Crippen molar-refractivity contribution in [2.75, 3.05) is 11.4 Å². The van der Waals surface area contributed by atoms with E-state index in [1.807, 2.05) is 32.9 Å². The van der Waals surface area contributed by atoms with Gasteiger partial charge >= 0.3 is 6.09 Å². The highest BCUT2D eigenvalue weighted by Gasteiger charge is 2.29. The second-order valence-electron chi connectivity index (χ2n) is 4.85. The van der Waals surface area contributed by atoms with E-state index >= 15 is 0 Å². The summed E-state index contributed by atoms with van der Waals surface area (Å²) in [6, 6.07) is 3.74. The number of carbonyl (C=O) groups excluding carboxylic acids is 1. The van der Waals surface area contributed by atoms with Gasteiger partial charge in [0.15, 0.2) is 0 Å². The van der Waals surface area contributed by atoms with Crippen LogP contribution in [0.15, 0.2) is 18.3 Å². The van der Waals surface area contributed by atoms with Gasteiger partial charge in [0.1, 0.15) is 5.60 Å². The standard InChI is InChI=1S/C12H16N2O2/c1-12(2,3)16-11(15)14-8-6-9-10(14)5-4-7-13-9/h4-5,7H,6,8H2,1-3H3. The van der Waals surface area contributed by atoms with E-state index in [9.17, 15) is 4.79 Å². The zero-order valence-electron chi connectivity index (χ0n) is 9.86. The Kier molecular flexibility index (Phi) is 2.58. The Bertz CT molecular complexity index is 410. The molecule has 1 aromatic rings. The van der Waals surface area contributed by atoms with Crippen molar-refractivity contribution in [1.82, 2.24) is 4.98 Å². The van der Waals surface area contributed by atoms with Gasteiger partial charge in [-0.2, -0.15) is 0 Å². The minimum absolute atomic E-state index is 0.292. The number of anilines is 1. The summed E-state index contributed by atoms with van der Waals surface area (Å²) in [6.07, 6.45) is 2.26. The van der Waals surface area contributed by atoms with E-state index in [0.29, 0.717) is 6.54 Å². The third-order valence-corrected chi connectivity index (χ3v) is 2.34. The number of aromatic nitrogens is 1. The van der Waals surface area contributed by atoms with Crippen molar-refractivity contribution in [2.45, 2.75) is 32.8 Å². The van der Waals surface area contributed by atoms with Crippen LogP contribution < -0.4 is 4.90 Å². The van der Waals surface area contributed by atoms with Crippen LogP contribution in [0.4, 0.5) is 10.5 Å². The molecule has 0 spiro atoms. The molecule has 16 heavy (non-hydrogen) atoms. The quantitative estimate of drug-likeness (QED) is 0.674. The molecule has 1 amide bonds. The molecule has 1 aliphatic rings. The number of carbonyl (C=O) groups is 1. The Balaban J connectivity index is 2.16. The average Bonchev–Trinajstić information content (AvgIpc) is 2.58. The Labute approximate surface area is 95.2 Å². The van der Waals surface area contributed by atoms with Crippen LogP contribution in [-0.4, -0.2) is 23.2 Å². The maximum Gasteiger partial charge on any atom is 0.414 e. The molecule has 0 atom stereocenters. The van der Waals surface area contributed by atoms with Gasteiger partial charge in [-0.25, -0.2) is 4.79 Å². The van der Waals surface area contributed by atoms with Crippen molar-refractivity contribution in [3.63, 3.8) is 0 Å². The molecule has 2 rings (SSSR count). The Morgan fingerprint density at radius 3 is 2.94 bits per heavy atom. The zero-order chi connectivity index (χ0) is 11.8. The van der Waals surface area contributed by atoms with E-state index in [1.54, 1.807) is 11.1 Å². The monoisotopic (exact) mass is 220 g/mol.